The first kappa shape index (κ1) is 9.36. The summed E-state index contributed by atoms with van der Waals surface area (Å²) in [6.07, 6.45) is 3.53. The van der Waals surface area contributed by atoms with Crippen LogP contribution in [0, 0.1) is 0 Å². The van der Waals surface area contributed by atoms with E-state index in [1.54, 1.807) is 0 Å². The zero-order valence-corrected chi connectivity index (χ0v) is 8.24. The van der Waals surface area contributed by atoms with E-state index >= 15 is 0 Å². The molecule has 0 saturated carbocycles. The Kier molecular flexibility index (Phi) is 3.22. The zero-order valence-electron chi connectivity index (χ0n) is 7.42. The molecule has 0 unspecified atom stereocenters. The van der Waals surface area contributed by atoms with Gasteiger partial charge in [0.15, 0.2) is 5.79 Å². The molecule has 3 heteroatoms. The van der Waals surface area contributed by atoms with E-state index in [9.17, 15) is 0 Å². The molecule has 0 bridgehead atoms. The molecule has 0 radical (unpaired) electrons. The normalized spacial score (nSPS) is 29.2. The topological polar surface area (TPSA) is 18.5 Å². The van der Waals surface area contributed by atoms with E-state index in [0.29, 0.717) is 6.10 Å². The predicted molar refractivity (Wildman–Crippen MR) is 47.9 cm³/mol. The lowest BCUT2D eigenvalue weighted by atomic mass is 10.3. The van der Waals surface area contributed by atoms with Crippen LogP contribution in [-0.2, 0) is 9.47 Å². The lowest BCUT2D eigenvalue weighted by molar-refractivity contribution is -0.138. The Morgan fingerprint density at radius 2 is 2.27 bits per heavy atom. The molecule has 0 aromatic heterocycles. The van der Waals surface area contributed by atoms with Crippen LogP contribution in [0.3, 0.4) is 0 Å². The van der Waals surface area contributed by atoms with Crippen LogP contribution in [0.15, 0.2) is 0 Å². The van der Waals surface area contributed by atoms with Gasteiger partial charge in [-0.05, 0) is 32.3 Å². The monoisotopic (exact) mass is 176 g/mol. The second-order valence-electron chi connectivity index (χ2n) is 3.23. The van der Waals surface area contributed by atoms with Crippen LogP contribution in [0.5, 0.6) is 0 Å². The summed E-state index contributed by atoms with van der Waals surface area (Å²) >= 11 is 1.85. The Hall–Kier alpha value is 0.270. The van der Waals surface area contributed by atoms with E-state index < -0.39 is 0 Å². The van der Waals surface area contributed by atoms with Crippen LogP contribution in [-0.4, -0.2) is 30.5 Å². The Morgan fingerprint density at radius 1 is 1.55 bits per heavy atom. The second kappa shape index (κ2) is 3.78. The van der Waals surface area contributed by atoms with Crippen LogP contribution >= 0.6 is 11.8 Å². The van der Waals surface area contributed by atoms with Crippen molar-refractivity contribution in [2.24, 2.45) is 0 Å². The molecular weight excluding hydrogens is 160 g/mol. The summed E-state index contributed by atoms with van der Waals surface area (Å²) in [5.74, 6) is 0.813. The average molecular weight is 176 g/mol. The Labute approximate surface area is 72.6 Å². The number of hydrogen-bond donors (Lipinski definition) is 0. The first-order valence-corrected chi connectivity index (χ1v) is 5.34. The van der Waals surface area contributed by atoms with E-state index in [1.165, 1.54) is 0 Å². The second-order valence-corrected chi connectivity index (χ2v) is 4.22. The molecule has 2 nitrogen and oxygen atoms in total. The van der Waals surface area contributed by atoms with E-state index in [4.69, 9.17) is 9.47 Å². The van der Waals surface area contributed by atoms with Crippen LogP contribution in [0.1, 0.15) is 20.3 Å². The molecule has 0 spiro atoms. The number of thioether (sulfide) groups is 1. The number of ether oxygens (including phenoxy) is 2. The van der Waals surface area contributed by atoms with Gasteiger partial charge in [0.25, 0.3) is 0 Å². The average Bonchev–Trinajstić information content (AvgIpc) is 2.26. The summed E-state index contributed by atoms with van der Waals surface area (Å²) in [5.41, 5.74) is 0. The standard InChI is InChI=1S/C8H16O2S/c1-8(2)9-6-7(10-8)4-5-11-3/h7H,4-6H2,1-3H3/t7-/m0/s1. The molecule has 0 N–H and O–H groups in total. The van der Waals surface area contributed by atoms with Gasteiger partial charge < -0.3 is 9.47 Å². The minimum absolute atomic E-state index is 0.317. The third kappa shape index (κ3) is 3.01. The van der Waals surface area contributed by atoms with Crippen LogP contribution < -0.4 is 0 Å². The number of rotatable bonds is 3. The lowest BCUT2D eigenvalue weighted by Crippen LogP contribution is -2.21. The SMILES string of the molecule is CSCC[C@H]1COC(C)(C)O1. The molecule has 11 heavy (non-hydrogen) atoms. The molecule has 0 amide bonds. The van der Waals surface area contributed by atoms with E-state index in [0.717, 1.165) is 18.8 Å². The highest BCUT2D eigenvalue weighted by Crippen LogP contribution is 2.24. The van der Waals surface area contributed by atoms with Crippen molar-refractivity contribution in [1.29, 1.82) is 0 Å². The summed E-state index contributed by atoms with van der Waals surface area (Å²) in [7, 11) is 0. The molecule has 1 atom stereocenters. The Morgan fingerprint density at radius 3 is 2.73 bits per heavy atom. The summed E-state index contributed by atoms with van der Waals surface area (Å²) in [4.78, 5) is 0. The maximum absolute atomic E-state index is 5.62. The molecule has 66 valence electrons. The highest BCUT2D eigenvalue weighted by Gasteiger charge is 2.31. The summed E-state index contributed by atoms with van der Waals surface area (Å²) in [5, 5.41) is 0. The molecule has 1 heterocycles. The van der Waals surface area contributed by atoms with Gasteiger partial charge in [-0.1, -0.05) is 0 Å². The predicted octanol–water partition coefficient (Wildman–Crippen LogP) is 1.89. The van der Waals surface area contributed by atoms with Gasteiger partial charge in [-0.15, -0.1) is 0 Å². The molecule has 0 aromatic carbocycles. The van der Waals surface area contributed by atoms with Gasteiger partial charge in [0, 0.05) is 0 Å². The van der Waals surface area contributed by atoms with Gasteiger partial charge in [0.1, 0.15) is 0 Å². The molecule has 1 rings (SSSR count). The van der Waals surface area contributed by atoms with Gasteiger partial charge >= 0.3 is 0 Å². The maximum Gasteiger partial charge on any atom is 0.163 e. The molecular formula is C8H16O2S. The van der Waals surface area contributed by atoms with Crippen molar-refractivity contribution in [3.05, 3.63) is 0 Å². The van der Waals surface area contributed by atoms with Crippen molar-refractivity contribution in [3.63, 3.8) is 0 Å². The fourth-order valence-electron chi connectivity index (χ4n) is 1.15. The fraction of sp³-hybridized carbons (Fsp3) is 1.00. The zero-order chi connectivity index (χ0) is 8.32. The van der Waals surface area contributed by atoms with Crippen LogP contribution in [0.25, 0.3) is 0 Å². The summed E-state index contributed by atoms with van der Waals surface area (Å²) < 4.78 is 11.0. The van der Waals surface area contributed by atoms with Crippen molar-refractivity contribution in [1.82, 2.24) is 0 Å². The van der Waals surface area contributed by atoms with Gasteiger partial charge in [-0.25, -0.2) is 0 Å². The molecule has 0 aliphatic carbocycles. The van der Waals surface area contributed by atoms with Crippen molar-refractivity contribution in [2.45, 2.75) is 32.2 Å². The molecule has 1 aliphatic heterocycles. The highest BCUT2D eigenvalue weighted by molar-refractivity contribution is 7.98. The first-order valence-electron chi connectivity index (χ1n) is 3.95. The quantitative estimate of drug-likeness (QED) is 0.654. The van der Waals surface area contributed by atoms with Crippen molar-refractivity contribution in [3.8, 4) is 0 Å². The van der Waals surface area contributed by atoms with Crippen LogP contribution in [0.2, 0.25) is 0 Å². The van der Waals surface area contributed by atoms with Gasteiger partial charge in [-0.2, -0.15) is 11.8 Å². The third-order valence-electron chi connectivity index (χ3n) is 1.71. The van der Waals surface area contributed by atoms with Crippen molar-refractivity contribution in [2.75, 3.05) is 18.6 Å². The maximum atomic E-state index is 5.62. The molecule has 1 aliphatic rings. The minimum Gasteiger partial charge on any atom is -0.348 e. The Balaban J connectivity index is 2.20. The summed E-state index contributed by atoms with van der Waals surface area (Å²) in [6.45, 7) is 4.69. The Bertz CT molecular complexity index is 125. The number of hydrogen-bond acceptors (Lipinski definition) is 3. The summed E-state index contributed by atoms with van der Waals surface area (Å²) in [6, 6.07) is 0. The molecule has 1 fully saturated rings. The molecule has 0 aromatic rings. The van der Waals surface area contributed by atoms with E-state index in [2.05, 4.69) is 6.26 Å². The van der Waals surface area contributed by atoms with E-state index in [1.807, 2.05) is 25.6 Å². The third-order valence-corrected chi connectivity index (χ3v) is 2.36. The molecule has 1 saturated heterocycles. The van der Waals surface area contributed by atoms with Crippen molar-refractivity contribution >= 4 is 11.8 Å². The van der Waals surface area contributed by atoms with Gasteiger partial charge in [-0.3, -0.25) is 0 Å². The van der Waals surface area contributed by atoms with Crippen molar-refractivity contribution < 1.29 is 9.47 Å². The van der Waals surface area contributed by atoms with E-state index in [-0.39, 0.29) is 5.79 Å². The minimum atomic E-state index is -0.344. The highest BCUT2D eigenvalue weighted by atomic mass is 32.2. The smallest absolute Gasteiger partial charge is 0.163 e. The lowest BCUT2D eigenvalue weighted by Gasteiger charge is -2.16. The van der Waals surface area contributed by atoms with Gasteiger partial charge in [0.2, 0.25) is 0 Å². The largest absolute Gasteiger partial charge is 0.348 e. The fourth-order valence-corrected chi connectivity index (χ4v) is 1.65. The van der Waals surface area contributed by atoms with Gasteiger partial charge in [0.05, 0.1) is 12.7 Å². The van der Waals surface area contributed by atoms with Crippen LogP contribution in [0.4, 0.5) is 0 Å². The first-order chi connectivity index (χ1) is 5.14.